The molecule has 0 atom stereocenters. The molecule has 1 aromatic heterocycles. The molecule has 106 valence electrons. The Hall–Kier alpha value is -2.02. The molecule has 0 radical (unpaired) electrons. The number of rotatable bonds is 7. The molecule has 6 nitrogen and oxygen atoms in total. The molecule has 2 rings (SSSR count). The van der Waals surface area contributed by atoms with E-state index in [0.29, 0.717) is 6.61 Å². The van der Waals surface area contributed by atoms with Gasteiger partial charge in [-0.15, -0.1) is 0 Å². The Kier molecular flexibility index (Phi) is 5.43. The van der Waals surface area contributed by atoms with Crippen molar-refractivity contribution in [1.82, 2.24) is 15.2 Å². The van der Waals surface area contributed by atoms with Crippen LogP contribution in [0.15, 0.2) is 44.9 Å². The highest BCUT2D eigenvalue weighted by atomic mass is 32.2. The van der Waals surface area contributed by atoms with Crippen molar-refractivity contribution in [2.24, 2.45) is 0 Å². The maximum Gasteiger partial charge on any atom is 0.342 e. The number of nitrogens with zero attached hydrogens (tertiary/aromatic N) is 1. The Morgan fingerprint density at radius 2 is 1.95 bits per heavy atom. The third-order valence-electron chi connectivity index (χ3n) is 2.47. The van der Waals surface area contributed by atoms with Gasteiger partial charge in [0.25, 0.3) is 5.56 Å². The number of H-pyrrole nitrogens is 2. The van der Waals surface area contributed by atoms with Crippen LogP contribution in [0.2, 0.25) is 0 Å². The predicted molar refractivity (Wildman–Crippen MR) is 77.4 cm³/mol. The lowest BCUT2D eigenvalue weighted by Gasteiger charge is -2.05. The number of aromatic amines is 2. The summed E-state index contributed by atoms with van der Waals surface area (Å²) in [4.78, 5) is 24.3. The first-order valence-corrected chi connectivity index (χ1v) is 7.24. The summed E-state index contributed by atoms with van der Waals surface area (Å²) in [5, 5.41) is 6.19. The first-order chi connectivity index (χ1) is 9.75. The van der Waals surface area contributed by atoms with Crippen molar-refractivity contribution < 1.29 is 4.74 Å². The van der Waals surface area contributed by atoms with Gasteiger partial charge in [0, 0.05) is 0 Å². The average Bonchev–Trinajstić information content (AvgIpc) is 2.46. The highest BCUT2D eigenvalue weighted by molar-refractivity contribution is 7.99. The number of ether oxygens (including phenoxy) is 1. The molecule has 2 aromatic rings. The van der Waals surface area contributed by atoms with E-state index in [9.17, 15) is 9.59 Å². The van der Waals surface area contributed by atoms with E-state index in [1.807, 2.05) is 30.3 Å². The van der Waals surface area contributed by atoms with Crippen molar-refractivity contribution in [2.45, 2.75) is 17.9 Å². The van der Waals surface area contributed by atoms with Gasteiger partial charge in [-0.3, -0.25) is 9.78 Å². The summed E-state index contributed by atoms with van der Waals surface area (Å²) in [6.07, 6.45) is 1.79. The SMILES string of the molecule is O=c1[nH]nc(SCCCCOc2ccccc2)c(=O)[nH]1. The largest absolute Gasteiger partial charge is 0.494 e. The van der Waals surface area contributed by atoms with Crippen molar-refractivity contribution >= 4 is 11.8 Å². The van der Waals surface area contributed by atoms with E-state index in [2.05, 4.69) is 15.2 Å². The lowest BCUT2D eigenvalue weighted by Crippen LogP contribution is -2.25. The Balaban J connectivity index is 1.64. The minimum absolute atomic E-state index is 0.286. The molecule has 0 aliphatic heterocycles. The van der Waals surface area contributed by atoms with Gasteiger partial charge >= 0.3 is 5.69 Å². The molecule has 7 heteroatoms. The zero-order valence-electron chi connectivity index (χ0n) is 10.8. The molecule has 0 saturated carbocycles. The van der Waals surface area contributed by atoms with E-state index in [-0.39, 0.29) is 5.03 Å². The smallest absolute Gasteiger partial charge is 0.342 e. The fourth-order valence-electron chi connectivity index (χ4n) is 1.51. The van der Waals surface area contributed by atoms with Crippen LogP contribution >= 0.6 is 11.8 Å². The number of hydrogen-bond acceptors (Lipinski definition) is 5. The van der Waals surface area contributed by atoms with Crippen molar-refractivity contribution in [3.8, 4) is 5.75 Å². The molecule has 0 fully saturated rings. The predicted octanol–water partition coefficient (Wildman–Crippen LogP) is 1.41. The molecule has 0 saturated heterocycles. The third kappa shape index (κ3) is 4.58. The minimum Gasteiger partial charge on any atom is -0.494 e. The van der Waals surface area contributed by atoms with Gasteiger partial charge < -0.3 is 4.74 Å². The lowest BCUT2D eigenvalue weighted by molar-refractivity contribution is 0.310. The first-order valence-electron chi connectivity index (χ1n) is 6.25. The maximum atomic E-state index is 11.4. The molecule has 0 amide bonds. The normalized spacial score (nSPS) is 10.4. The van der Waals surface area contributed by atoms with E-state index >= 15 is 0 Å². The molecule has 2 N–H and O–H groups in total. The third-order valence-corrected chi connectivity index (χ3v) is 3.51. The van der Waals surface area contributed by atoms with E-state index in [4.69, 9.17) is 4.74 Å². The molecule has 0 unspecified atom stereocenters. The Morgan fingerprint density at radius 3 is 2.70 bits per heavy atom. The zero-order chi connectivity index (χ0) is 14.2. The van der Waals surface area contributed by atoms with Gasteiger partial charge in [0.05, 0.1) is 6.61 Å². The first kappa shape index (κ1) is 14.4. The summed E-state index contributed by atoms with van der Waals surface area (Å²) in [5.74, 6) is 1.61. The van der Waals surface area contributed by atoms with Crippen molar-refractivity contribution in [1.29, 1.82) is 0 Å². The van der Waals surface area contributed by atoms with Gasteiger partial charge in [0.1, 0.15) is 5.75 Å². The monoisotopic (exact) mass is 293 g/mol. The summed E-state index contributed by atoms with van der Waals surface area (Å²) < 4.78 is 5.56. The van der Waals surface area contributed by atoms with Crippen LogP contribution in [0.5, 0.6) is 5.75 Å². The Bertz CT molecular complexity index is 639. The number of nitrogens with one attached hydrogen (secondary N) is 2. The van der Waals surface area contributed by atoms with Gasteiger partial charge in [0.2, 0.25) is 0 Å². The van der Waals surface area contributed by atoms with E-state index < -0.39 is 11.2 Å². The number of para-hydroxylation sites is 1. The number of hydrogen-bond donors (Lipinski definition) is 2. The quantitative estimate of drug-likeness (QED) is 0.595. The molecule has 20 heavy (non-hydrogen) atoms. The van der Waals surface area contributed by atoms with Gasteiger partial charge in [-0.25, -0.2) is 9.89 Å². The highest BCUT2D eigenvalue weighted by Crippen LogP contribution is 2.12. The number of unbranched alkanes of at least 4 members (excludes halogenated alkanes) is 1. The average molecular weight is 293 g/mol. The van der Waals surface area contributed by atoms with Gasteiger partial charge in [0.15, 0.2) is 5.03 Å². The second-order valence-electron chi connectivity index (χ2n) is 4.03. The van der Waals surface area contributed by atoms with E-state index in [1.165, 1.54) is 11.8 Å². The summed E-state index contributed by atoms with van der Waals surface area (Å²) in [7, 11) is 0. The van der Waals surface area contributed by atoms with Crippen LogP contribution in [0.3, 0.4) is 0 Å². The molecule has 0 aliphatic rings. The fourth-order valence-corrected chi connectivity index (χ4v) is 2.35. The maximum absolute atomic E-state index is 11.4. The summed E-state index contributed by atoms with van der Waals surface area (Å²) in [6.45, 7) is 0.639. The number of benzene rings is 1. The van der Waals surface area contributed by atoms with Crippen LogP contribution in [0, 0.1) is 0 Å². The van der Waals surface area contributed by atoms with Crippen LogP contribution in [-0.2, 0) is 0 Å². The molecular formula is C13H15N3O3S. The molecule has 0 aliphatic carbocycles. The summed E-state index contributed by atoms with van der Waals surface area (Å²) >= 11 is 1.32. The van der Waals surface area contributed by atoms with Gasteiger partial charge in [-0.05, 0) is 30.7 Å². The van der Waals surface area contributed by atoms with E-state index in [0.717, 1.165) is 24.3 Å². The molecular weight excluding hydrogens is 278 g/mol. The van der Waals surface area contributed by atoms with Gasteiger partial charge in [-0.1, -0.05) is 30.0 Å². The molecule has 0 spiro atoms. The summed E-state index contributed by atoms with van der Waals surface area (Å²) in [6, 6.07) is 9.63. The topological polar surface area (TPSA) is 87.8 Å². The van der Waals surface area contributed by atoms with Crippen molar-refractivity contribution in [3.05, 3.63) is 51.2 Å². The molecule has 0 bridgehead atoms. The zero-order valence-corrected chi connectivity index (χ0v) is 11.6. The summed E-state index contributed by atoms with van der Waals surface area (Å²) in [5.41, 5.74) is -1.03. The number of aromatic nitrogens is 3. The second-order valence-corrected chi connectivity index (χ2v) is 5.11. The van der Waals surface area contributed by atoms with Crippen LogP contribution in [0.1, 0.15) is 12.8 Å². The standard InChI is InChI=1S/C13H15N3O3S/c17-11-12(15-16-13(18)14-11)20-9-5-4-8-19-10-6-2-1-3-7-10/h1-3,6-7H,4-5,8-9H2,(H2,14,16,17,18). The highest BCUT2D eigenvalue weighted by Gasteiger charge is 2.02. The van der Waals surface area contributed by atoms with Crippen molar-refractivity contribution in [3.63, 3.8) is 0 Å². The Labute approximate surface area is 119 Å². The minimum atomic E-state index is -0.587. The van der Waals surface area contributed by atoms with Crippen LogP contribution < -0.4 is 16.0 Å². The number of thioether (sulfide) groups is 1. The van der Waals surface area contributed by atoms with Crippen LogP contribution in [0.4, 0.5) is 0 Å². The molecule has 1 heterocycles. The lowest BCUT2D eigenvalue weighted by atomic mass is 10.3. The van der Waals surface area contributed by atoms with Gasteiger partial charge in [-0.2, -0.15) is 5.10 Å². The van der Waals surface area contributed by atoms with Crippen molar-refractivity contribution in [2.75, 3.05) is 12.4 Å². The fraction of sp³-hybridized carbons (Fsp3) is 0.308. The van der Waals surface area contributed by atoms with E-state index in [1.54, 1.807) is 0 Å². The molecule has 1 aromatic carbocycles. The second kappa shape index (κ2) is 7.54. The Morgan fingerprint density at radius 1 is 1.15 bits per heavy atom. The van der Waals surface area contributed by atoms with Crippen LogP contribution in [0.25, 0.3) is 0 Å². The van der Waals surface area contributed by atoms with Crippen LogP contribution in [-0.4, -0.2) is 27.5 Å².